The van der Waals surface area contributed by atoms with Gasteiger partial charge in [0.1, 0.15) is 5.75 Å². The maximum atomic E-state index is 11.1. The van der Waals surface area contributed by atoms with Crippen LogP contribution in [0, 0.1) is 0 Å². The minimum absolute atomic E-state index is 0.451. The minimum atomic E-state index is -0.729. The first-order chi connectivity index (χ1) is 9.21. The van der Waals surface area contributed by atoms with Crippen LogP contribution in [0.5, 0.6) is 5.75 Å². The Balaban J connectivity index is 1.91. The number of benzene rings is 1. The number of hydrogen-bond donors (Lipinski definition) is 2. The molecular weight excluding hydrogens is 238 g/mol. The molecule has 3 heteroatoms. The summed E-state index contributed by atoms with van der Waals surface area (Å²) in [5.41, 5.74) is 0.238. The lowest BCUT2D eigenvalue weighted by atomic mass is 9.73. The predicted molar refractivity (Wildman–Crippen MR) is 75.3 cm³/mol. The van der Waals surface area contributed by atoms with Crippen LogP contribution in [0.25, 0.3) is 0 Å². The van der Waals surface area contributed by atoms with Crippen LogP contribution in [0.15, 0.2) is 24.3 Å². The first kappa shape index (κ1) is 12.9. The number of rotatable bonds is 3. The molecule has 0 aliphatic carbocycles. The van der Waals surface area contributed by atoms with Gasteiger partial charge in [0.15, 0.2) is 0 Å². The van der Waals surface area contributed by atoms with Crippen molar-refractivity contribution in [3.63, 3.8) is 0 Å². The lowest BCUT2D eigenvalue weighted by Crippen LogP contribution is -2.54. The van der Waals surface area contributed by atoms with Crippen molar-refractivity contribution in [2.75, 3.05) is 6.61 Å². The van der Waals surface area contributed by atoms with Gasteiger partial charge < -0.3 is 15.2 Å². The molecule has 19 heavy (non-hydrogen) atoms. The van der Waals surface area contributed by atoms with Crippen LogP contribution in [0.2, 0.25) is 0 Å². The highest BCUT2D eigenvalue weighted by atomic mass is 16.5. The molecule has 1 aromatic rings. The van der Waals surface area contributed by atoms with Crippen LogP contribution in [-0.2, 0) is 5.60 Å². The highest BCUT2D eigenvalue weighted by molar-refractivity contribution is 5.39. The molecule has 0 radical (unpaired) electrons. The normalized spacial score (nSPS) is 34.0. The van der Waals surface area contributed by atoms with Gasteiger partial charge >= 0.3 is 0 Å². The number of hydrogen-bond acceptors (Lipinski definition) is 3. The van der Waals surface area contributed by atoms with Crippen molar-refractivity contribution >= 4 is 0 Å². The molecule has 3 nitrogen and oxygen atoms in total. The van der Waals surface area contributed by atoms with Crippen LogP contribution in [0.4, 0.5) is 0 Å². The third-order valence-electron chi connectivity index (χ3n) is 4.43. The van der Waals surface area contributed by atoms with E-state index < -0.39 is 5.60 Å². The molecule has 0 saturated carbocycles. The van der Waals surface area contributed by atoms with Gasteiger partial charge in [0.25, 0.3) is 0 Å². The van der Waals surface area contributed by atoms with E-state index in [4.69, 9.17) is 4.74 Å². The molecular formula is C16H23NO2. The zero-order valence-corrected chi connectivity index (χ0v) is 11.6. The first-order valence-corrected chi connectivity index (χ1v) is 7.42. The van der Waals surface area contributed by atoms with Crippen molar-refractivity contribution in [1.82, 2.24) is 5.32 Å². The second-order valence-corrected chi connectivity index (χ2v) is 5.86. The summed E-state index contributed by atoms with van der Waals surface area (Å²) < 4.78 is 5.70. The molecule has 104 valence electrons. The Bertz CT molecular complexity index is 434. The van der Waals surface area contributed by atoms with Gasteiger partial charge in [0.2, 0.25) is 0 Å². The Kier molecular flexibility index (Phi) is 3.50. The molecule has 0 aromatic heterocycles. The smallest absolute Gasteiger partial charge is 0.125 e. The molecule has 2 unspecified atom stereocenters. The second kappa shape index (κ2) is 5.14. The van der Waals surface area contributed by atoms with Gasteiger partial charge in [-0.15, -0.1) is 0 Å². The van der Waals surface area contributed by atoms with Crippen molar-refractivity contribution < 1.29 is 9.84 Å². The number of piperidine rings is 2. The van der Waals surface area contributed by atoms with Crippen LogP contribution in [0.1, 0.15) is 44.6 Å². The summed E-state index contributed by atoms with van der Waals surface area (Å²) in [6, 6.07) is 8.85. The van der Waals surface area contributed by atoms with Gasteiger partial charge in [0.05, 0.1) is 12.2 Å². The Morgan fingerprint density at radius 1 is 1.26 bits per heavy atom. The van der Waals surface area contributed by atoms with E-state index in [2.05, 4.69) is 5.32 Å². The number of ether oxygens (including phenoxy) is 1. The monoisotopic (exact) mass is 261 g/mol. The minimum Gasteiger partial charge on any atom is -0.493 e. The topological polar surface area (TPSA) is 41.5 Å². The highest BCUT2D eigenvalue weighted by Crippen LogP contribution is 2.42. The number of nitrogens with one attached hydrogen (secondary N) is 1. The highest BCUT2D eigenvalue weighted by Gasteiger charge is 2.43. The van der Waals surface area contributed by atoms with Crippen LogP contribution >= 0.6 is 0 Å². The van der Waals surface area contributed by atoms with Crippen LogP contribution in [-0.4, -0.2) is 23.8 Å². The fourth-order valence-electron chi connectivity index (χ4n) is 3.68. The zero-order chi connectivity index (χ0) is 13.3. The van der Waals surface area contributed by atoms with Gasteiger partial charge in [-0.2, -0.15) is 0 Å². The quantitative estimate of drug-likeness (QED) is 0.878. The molecule has 0 spiro atoms. The van der Waals surface area contributed by atoms with E-state index >= 15 is 0 Å². The van der Waals surface area contributed by atoms with E-state index in [9.17, 15) is 5.11 Å². The Labute approximate surface area is 115 Å². The van der Waals surface area contributed by atoms with Gasteiger partial charge in [-0.3, -0.25) is 0 Å². The van der Waals surface area contributed by atoms with Crippen molar-refractivity contribution in [3.8, 4) is 5.75 Å². The van der Waals surface area contributed by atoms with Crippen LogP contribution < -0.4 is 10.1 Å². The zero-order valence-electron chi connectivity index (χ0n) is 11.6. The van der Waals surface area contributed by atoms with Gasteiger partial charge in [0, 0.05) is 17.6 Å². The summed E-state index contributed by atoms with van der Waals surface area (Å²) in [6.07, 6.45) is 5.23. The molecule has 2 heterocycles. The van der Waals surface area contributed by atoms with E-state index in [0.717, 1.165) is 24.2 Å². The summed E-state index contributed by atoms with van der Waals surface area (Å²) >= 11 is 0. The molecule has 2 saturated heterocycles. The van der Waals surface area contributed by atoms with Crippen molar-refractivity contribution in [1.29, 1.82) is 0 Å². The third-order valence-corrected chi connectivity index (χ3v) is 4.43. The number of fused-ring (bicyclic) bond motifs is 2. The summed E-state index contributed by atoms with van der Waals surface area (Å²) in [4.78, 5) is 0. The lowest BCUT2D eigenvalue weighted by Gasteiger charge is -2.45. The Hall–Kier alpha value is -1.06. The summed E-state index contributed by atoms with van der Waals surface area (Å²) in [6.45, 7) is 2.62. The summed E-state index contributed by atoms with van der Waals surface area (Å²) in [5.74, 6) is 0.840. The average Bonchev–Trinajstić information content (AvgIpc) is 2.39. The van der Waals surface area contributed by atoms with E-state index in [0.29, 0.717) is 18.7 Å². The summed E-state index contributed by atoms with van der Waals surface area (Å²) in [5, 5.41) is 14.8. The molecule has 2 bridgehead atoms. The summed E-state index contributed by atoms with van der Waals surface area (Å²) in [7, 11) is 0. The fourth-order valence-corrected chi connectivity index (χ4v) is 3.68. The lowest BCUT2D eigenvalue weighted by molar-refractivity contribution is -0.0375. The molecule has 2 aliphatic rings. The van der Waals surface area contributed by atoms with E-state index in [1.54, 1.807) is 0 Å². The molecule has 2 atom stereocenters. The SMILES string of the molecule is CCOc1ccccc1C1(O)CC2CCCC(C1)N2. The third kappa shape index (κ3) is 2.49. The van der Waals surface area contributed by atoms with E-state index in [1.807, 2.05) is 31.2 Å². The Morgan fingerprint density at radius 2 is 1.95 bits per heavy atom. The van der Waals surface area contributed by atoms with Crippen molar-refractivity contribution in [2.45, 2.75) is 56.7 Å². The first-order valence-electron chi connectivity index (χ1n) is 7.42. The van der Waals surface area contributed by atoms with Gasteiger partial charge in [-0.1, -0.05) is 24.6 Å². The number of aliphatic hydroxyl groups is 1. The maximum absolute atomic E-state index is 11.1. The predicted octanol–water partition coefficient (Wildman–Crippen LogP) is 2.58. The van der Waals surface area contributed by atoms with Gasteiger partial charge in [-0.05, 0) is 38.7 Å². The molecule has 0 amide bonds. The fraction of sp³-hybridized carbons (Fsp3) is 0.625. The Morgan fingerprint density at radius 3 is 2.63 bits per heavy atom. The molecule has 2 aliphatic heterocycles. The van der Waals surface area contributed by atoms with Crippen molar-refractivity contribution in [3.05, 3.63) is 29.8 Å². The van der Waals surface area contributed by atoms with Gasteiger partial charge in [-0.25, -0.2) is 0 Å². The molecule has 2 fully saturated rings. The van der Waals surface area contributed by atoms with Crippen molar-refractivity contribution in [2.24, 2.45) is 0 Å². The average molecular weight is 261 g/mol. The molecule has 1 aromatic carbocycles. The maximum Gasteiger partial charge on any atom is 0.125 e. The number of para-hydroxylation sites is 1. The largest absolute Gasteiger partial charge is 0.493 e. The van der Waals surface area contributed by atoms with E-state index in [-0.39, 0.29) is 0 Å². The second-order valence-electron chi connectivity index (χ2n) is 5.86. The van der Waals surface area contributed by atoms with Crippen LogP contribution in [0.3, 0.4) is 0 Å². The van der Waals surface area contributed by atoms with E-state index in [1.165, 1.54) is 19.3 Å². The molecule has 2 N–H and O–H groups in total. The molecule has 3 rings (SSSR count). The standard InChI is InChI=1S/C16H23NO2/c1-2-19-15-9-4-3-8-14(15)16(18)10-12-6-5-7-13(11-16)17-12/h3-4,8-9,12-13,17-18H,2,5-7,10-11H2,1H3.